The van der Waals surface area contributed by atoms with E-state index in [1.807, 2.05) is 11.8 Å². The number of methoxy groups -OCH3 is 1. The normalized spacial score (nSPS) is 36.9. The largest absolute Gasteiger partial charge is 0.497 e. The summed E-state index contributed by atoms with van der Waals surface area (Å²) in [5.41, 5.74) is 0.730. The van der Waals surface area contributed by atoms with Gasteiger partial charge in [0.05, 0.1) is 7.11 Å². The van der Waals surface area contributed by atoms with Crippen molar-refractivity contribution in [3.05, 3.63) is 24.3 Å². The van der Waals surface area contributed by atoms with Crippen LogP contribution in [0.1, 0.15) is 44.9 Å². The van der Waals surface area contributed by atoms with Gasteiger partial charge in [0.1, 0.15) is 5.75 Å². The fourth-order valence-corrected chi connectivity index (χ4v) is 6.75. The van der Waals surface area contributed by atoms with Gasteiger partial charge in [-0.15, -0.1) is 11.8 Å². The third-order valence-electron chi connectivity index (χ3n) is 6.13. The average molecular weight is 302 g/mol. The summed E-state index contributed by atoms with van der Waals surface area (Å²) in [7, 11) is 1.73. The molecule has 0 radical (unpaired) electrons. The maximum Gasteiger partial charge on any atom is 0.118 e. The number of ether oxygens (including phenoxy) is 1. The van der Waals surface area contributed by atoms with Crippen molar-refractivity contribution in [2.45, 2.75) is 49.8 Å². The average Bonchev–Trinajstić information content (AvgIpc) is 2.46. The molecule has 2 heteroatoms. The van der Waals surface area contributed by atoms with Gasteiger partial charge in [-0.05, 0) is 98.1 Å². The van der Waals surface area contributed by atoms with E-state index in [0.29, 0.717) is 0 Å². The van der Waals surface area contributed by atoms with Crippen LogP contribution in [0.5, 0.6) is 5.75 Å². The second-order valence-electron chi connectivity index (χ2n) is 7.69. The van der Waals surface area contributed by atoms with Crippen LogP contribution in [-0.4, -0.2) is 12.9 Å². The van der Waals surface area contributed by atoms with Crippen LogP contribution < -0.4 is 4.74 Å². The van der Waals surface area contributed by atoms with Crippen molar-refractivity contribution in [1.29, 1.82) is 0 Å². The number of hydrogen-bond acceptors (Lipinski definition) is 2. The Bertz CT molecular complexity index is 458. The molecular formula is C19H26OS. The molecule has 0 unspecified atom stereocenters. The van der Waals surface area contributed by atoms with Gasteiger partial charge in [0.15, 0.2) is 0 Å². The Morgan fingerprint density at radius 1 is 1.00 bits per heavy atom. The van der Waals surface area contributed by atoms with Gasteiger partial charge in [0, 0.05) is 4.90 Å². The van der Waals surface area contributed by atoms with Gasteiger partial charge in [0.2, 0.25) is 0 Å². The quantitative estimate of drug-likeness (QED) is 0.674. The van der Waals surface area contributed by atoms with E-state index in [9.17, 15) is 0 Å². The molecule has 4 bridgehead atoms. The van der Waals surface area contributed by atoms with E-state index in [4.69, 9.17) is 4.74 Å². The minimum absolute atomic E-state index is 0.730. The highest BCUT2D eigenvalue weighted by atomic mass is 32.2. The molecule has 1 aromatic rings. The molecule has 0 atom stereocenters. The molecule has 0 saturated heterocycles. The lowest BCUT2D eigenvalue weighted by Crippen LogP contribution is -2.46. The summed E-state index contributed by atoms with van der Waals surface area (Å²) in [5.74, 6) is 5.51. The lowest BCUT2D eigenvalue weighted by Gasteiger charge is -2.57. The molecule has 4 fully saturated rings. The molecule has 0 aromatic heterocycles. The Balaban J connectivity index is 1.34. The zero-order valence-corrected chi connectivity index (χ0v) is 13.8. The number of rotatable bonds is 5. The van der Waals surface area contributed by atoms with Crippen LogP contribution in [0.3, 0.4) is 0 Å². The Morgan fingerprint density at radius 3 is 2.10 bits per heavy atom. The molecule has 0 aliphatic heterocycles. The fraction of sp³-hybridized carbons (Fsp3) is 0.684. The highest BCUT2D eigenvalue weighted by Gasteiger charge is 2.50. The lowest BCUT2D eigenvalue weighted by molar-refractivity contribution is -0.0538. The highest BCUT2D eigenvalue weighted by molar-refractivity contribution is 7.99. The molecule has 4 aliphatic rings. The summed E-state index contributed by atoms with van der Waals surface area (Å²) >= 11 is 2.03. The van der Waals surface area contributed by atoms with Gasteiger partial charge >= 0.3 is 0 Å². The van der Waals surface area contributed by atoms with Crippen LogP contribution >= 0.6 is 11.8 Å². The molecule has 4 saturated carbocycles. The first-order valence-electron chi connectivity index (χ1n) is 8.51. The summed E-state index contributed by atoms with van der Waals surface area (Å²) in [5, 5.41) is 0. The van der Waals surface area contributed by atoms with Gasteiger partial charge in [-0.2, -0.15) is 0 Å². The van der Waals surface area contributed by atoms with Crippen LogP contribution in [0, 0.1) is 23.2 Å². The van der Waals surface area contributed by atoms with E-state index in [-0.39, 0.29) is 0 Å². The standard InChI is InChI=1S/C19H26OS/c1-20-17-2-4-18(5-3-17)21-7-6-19-11-14-8-15(12-19)10-16(9-14)13-19/h2-5,14-16H,6-13H2,1H3. The second kappa shape index (κ2) is 5.53. The SMILES string of the molecule is COc1ccc(SCCC23CC4CC(CC(C4)C2)C3)cc1. The first-order valence-corrected chi connectivity index (χ1v) is 9.50. The summed E-state index contributed by atoms with van der Waals surface area (Å²) in [4.78, 5) is 1.39. The van der Waals surface area contributed by atoms with Crippen LogP contribution in [-0.2, 0) is 0 Å². The van der Waals surface area contributed by atoms with E-state index in [2.05, 4.69) is 24.3 Å². The van der Waals surface area contributed by atoms with Gasteiger partial charge in [-0.1, -0.05) is 0 Å². The first kappa shape index (κ1) is 14.0. The van der Waals surface area contributed by atoms with Gasteiger partial charge < -0.3 is 4.74 Å². The van der Waals surface area contributed by atoms with Crippen LogP contribution in [0.25, 0.3) is 0 Å². The minimum Gasteiger partial charge on any atom is -0.497 e. The molecule has 0 amide bonds. The minimum atomic E-state index is 0.730. The number of benzene rings is 1. The second-order valence-corrected chi connectivity index (χ2v) is 8.86. The molecule has 4 aliphatic carbocycles. The molecule has 1 aromatic carbocycles. The van der Waals surface area contributed by atoms with Gasteiger partial charge in [-0.25, -0.2) is 0 Å². The highest BCUT2D eigenvalue weighted by Crippen LogP contribution is 2.61. The third-order valence-corrected chi connectivity index (χ3v) is 7.14. The van der Waals surface area contributed by atoms with E-state index in [0.717, 1.165) is 28.9 Å². The molecule has 21 heavy (non-hydrogen) atoms. The maximum absolute atomic E-state index is 5.23. The van der Waals surface area contributed by atoms with E-state index < -0.39 is 0 Å². The Labute approximate surface area is 132 Å². The molecule has 0 N–H and O–H groups in total. The van der Waals surface area contributed by atoms with Crippen molar-refractivity contribution in [1.82, 2.24) is 0 Å². The molecular weight excluding hydrogens is 276 g/mol. The third kappa shape index (κ3) is 2.84. The lowest BCUT2D eigenvalue weighted by atomic mass is 9.49. The van der Waals surface area contributed by atoms with Crippen molar-refractivity contribution in [3.8, 4) is 5.75 Å². The van der Waals surface area contributed by atoms with Crippen LogP contribution in [0.2, 0.25) is 0 Å². The summed E-state index contributed by atoms with van der Waals surface area (Å²) < 4.78 is 5.23. The molecule has 5 rings (SSSR count). The van der Waals surface area contributed by atoms with E-state index >= 15 is 0 Å². The Hall–Kier alpha value is -0.630. The summed E-state index contributed by atoms with van der Waals surface area (Å²) in [6.07, 6.45) is 10.8. The van der Waals surface area contributed by atoms with Gasteiger partial charge in [-0.3, -0.25) is 0 Å². The summed E-state index contributed by atoms with van der Waals surface area (Å²) in [6.45, 7) is 0. The summed E-state index contributed by atoms with van der Waals surface area (Å²) in [6, 6.07) is 8.55. The predicted octanol–water partition coefficient (Wildman–Crippen LogP) is 5.39. The number of thioether (sulfide) groups is 1. The zero-order chi connectivity index (χ0) is 14.3. The molecule has 0 spiro atoms. The van der Waals surface area contributed by atoms with Crippen molar-refractivity contribution >= 4 is 11.8 Å². The smallest absolute Gasteiger partial charge is 0.118 e. The predicted molar refractivity (Wildman–Crippen MR) is 88.9 cm³/mol. The van der Waals surface area contributed by atoms with Crippen molar-refractivity contribution in [2.75, 3.05) is 12.9 Å². The van der Waals surface area contributed by atoms with E-state index in [1.165, 1.54) is 17.1 Å². The first-order chi connectivity index (χ1) is 10.2. The molecule has 1 nitrogen and oxygen atoms in total. The van der Waals surface area contributed by atoms with E-state index in [1.54, 1.807) is 45.6 Å². The Kier molecular flexibility index (Phi) is 3.69. The topological polar surface area (TPSA) is 9.23 Å². The van der Waals surface area contributed by atoms with Crippen molar-refractivity contribution in [3.63, 3.8) is 0 Å². The fourth-order valence-electron chi connectivity index (χ4n) is 5.65. The molecule has 0 heterocycles. The van der Waals surface area contributed by atoms with Crippen LogP contribution in [0.4, 0.5) is 0 Å². The monoisotopic (exact) mass is 302 g/mol. The maximum atomic E-state index is 5.23. The zero-order valence-electron chi connectivity index (χ0n) is 13.0. The number of hydrogen-bond donors (Lipinski definition) is 0. The Morgan fingerprint density at radius 2 is 1.57 bits per heavy atom. The van der Waals surface area contributed by atoms with Crippen molar-refractivity contribution in [2.24, 2.45) is 23.2 Å². The van der Waals surface area contributed by atoms with Crippen LogP contribution in [0.15, 0.2) is 29.2 Å². The van der Waals surface area contributed by atoms with Gasteiger partial charge in [0.25, 0.3) is 0 Å². The molecule has 114 valence electrons. The van der Waals surface area contributed by atoms with Crippen molar-refractivity contribution < 1.29 is 4.74 Å².